The number of aliphatic hydroxyl groups excluding tert-OH is 1. The van der Waals surface area contributed by atoms with E-state index in [1.54, 1.807) is 0 Å². The molecular formula is C17H16INO2. The Kier molecular flexibility index (Phi) is 4.26. The topological polar surface area (TPSA) is 49.3 Å². The molecular weight excluding hydrogens is 377 g/mol. The van der Waals surface area contributed by atoms with Gasteiger partial charge in [0.05, 0.1) is 0 Å². The second-order valence-electron chi connectivity index (χ2n) is 5.28. The third-order valence-electron chi connectivity index (χ3n) is 3.73. The lowest BCUT2D eigenvalue weighted by Crippen LogP contribution is -2.09. The first-order valence-corrected chi connectivity index (χ1v) is 8.07. The number of amides is 1. The van der Waals surface area contributed by atoms with Gasteiger partial charge in [-0.15, -0.1) is 0 Å². The summed E-state index contributed by atoms with van der Waals surface area (Å²) < 4.78 is 1.10. The Hall–Kier alpha value is -1.40. The van der Waals surface area contributed by atoms with Crippen LogP contribution in [0, 0.1) is 3.57 Å². The van der Waals surface area contributed by atoms with Gasteiger partial charge in [-0.1, -0.05) is 24.3 Å². The fourth-order valence-corrected chi connectivity index (χ4v) is 3.20. The maximum atomic E-state index is 11.6. The van der Waals surface area contributed by atoms with Crippen molar-refractivity contribution in [1.82, 2.24) is 0 Å². The minimum Gasteiger partial charge on any atom is -0.384 e. The van der Waals surface area contributed by atoms with Crippen molar-refractivity contribution < 1.29 is 9.90 Å². The summed E-state index contributed by atoms with van der Waals surface area (Å²) in [6, 6.07) is 13.7. The van der Waals surface area contributed by atoms with Crippen molar-refractivity contribution in [3.8, 4) is 0 Å². The van der Waals surface area contributed by atoms with Crippen molar-refractivity contribution in [2.75, 3.05) is 5.32 Å². The third kappa shape index (κ3) is 3.27. The van der Waals surface area contributed by atoms with E-state index in [1.807, 2.05) is 42.5 Å². The van der Waals surface area contributed by atoms with E-state index >= 15 is 0 Å². The van der Waals surface area contributed by atoms with Crippen molar-refractivity contribution in [2.24, 2.45) is 0 Å². The van der Waals surface area contributed by atoms with Crippen LogP contribution < -0.4 is 5.32 Å². The van der Waals surface area contributed by atoms with Gasteiger partial charge < -0.3 is 10.4 Å². The predicted octanol–water partition coefficient (Wildman–Crippen LogP) is 3.65. The van der Waals surface area contributed by atoms with Gasteiger partial charge in [0.25, 0.3) is 0 Å². The second-order valence-corrected chi connectivity index (χ2v) is 6.52. The van der Waals surface area contributed by atoms with Crippen LogP contribution in [-0.4, -0.2) is 11.0 Å². The highest BCUT2D eigenvalue weighted by Crippen LogP contribution is 2.29. The van der Waals surface area contributed by atoms with Crippen molar-refractivity contribution >= 4 is 34.2 Å². The lowest BCUT2D eigenvalue weighted by molar-refractivity contribution is -0.116. The predicted molar refractivity (Wildman–Crippen MR) is 91.2 cm³/mol. The molecule has 0 fully saturated rings. The molecule has 0 spiro atoms. The molecule has 0 aromatic heterocycles. The average molecular weight is 393 g/mol. The highest BCUT2D eigenvalue weighted by Gasteiger charge is 2.16. The summed E-state index contributed by atoms with van der Waals surface area (Å²) >= 11 is 2.24. The number of benzene rings is 2. The number of hydrogen-bond acceptors (Lipinski definition) is 2. The number of carbonyl (C=O) groups is 1. The zero-order valence-corrected chi connectivity index (χ0v) is 13.6. The summed E-state index contributed by atoms with van der Waals surface area (Å²) in [6.07, 6.45) is 1.63. The van der Waals surface area contributed by atoms with Gasteiger partial charge in [0.15, 0.2) is 0 Å². The van der Waals surface area contributed by atoms with Crippen LogP contribution in [0.1, 0.15) is 35.6 Å². The average Bonchev–Trinajstić information content (AvgIpc) is 2.66. The summed E-state index contributed by atoms with van der Waals surface area (Å²) in [4.78, 5) is 11.6. The van der Waals surface area contributed by atoms with Crippen molar-refractivity contribution in [2.45, 2.75) is 25.4 Å². The zero-order valence-electron chi connectivity index (χ0n) is 11.5. The molecule has 0 saturated heterocycles. The van der Waals surface area contributed by atoms with E-state index in [0.717, 1.165) is 38.8 Å². The number of carbonyl (C=O) groups excluding carboxylic acids is 1. The van der Waals surface area contributed by atoms with Gasteiger partial charge in [0.1, 0.15) is 6.10 Å². The molecule has 2 aromatic rings. The highest BCUT2D eigenvalue weighted by molar-refractivity contribution is 14.1. The van der Waals surface area contributed by atoms with Crippen LogP contribution in [-0.2, 0) is 11.2 Å². The molecule has 1 atom stereocenters. The Morgan fingerprint density at radius 3 is 2.71 bits per heavy atom. The van der Waals surface area contributed by atoms with Crippen LogP contribution >= 0.6 is 22.6 Å². The van der Waals surface area contributed by atoms with E-state index in [2.05, 4.69) is 27.9 Å². The Bertz CT molecular complexity index is 684. The lowest BCUT2D eigenvalue weighted by Gasteiger charge is -2.15. The third-order valence-corrected chi connectivity index (χ3v) is 4.40. The standard InChI is InChI=1S/C17H16INO2/c18-14-5-1-4-12(10-14)17(21)13-7-8-15-11(9-13)3-2-6-16(20)19-15/h1,4-5,7-10,17,21H,2-3,6H2,(H,19,20). The first-order chi connectivity index (χ1) is 10.1. The number of rotatable bonds is 2. The summed E-state index contributed by atoms with van der Waals surface area (Å²) in [6.45, 7) is 0. The highest BCUT2D eigenvalue weighted by atomic mass is 127. The fraction of sp³-hybridized carbons (Fsp3) is 0.235. The number of fused-ring (bicyclic) bond motifs is 1. The van der Waals surface area contributed by atoms with Gasteiger partial charge in [-0.25, -0.2) is 0 Å². The van der Waals surface area contributed by atoms with Gasteiger partial charge >= 0.3 is 0 Å². The van der Waals surface area contributed by atoms with E-state index in [1.165, 1.54) is 0 Å². The maximum Gasteiger partial charge on any atom is 0.224 e. The Morgan fingerprint density at radius 2 is 1.90 bits per heavy atom. The maximum absolute atomic E-state index is 11.6. The first-order valence-electron chi connectivity index (χ1n) is 7.00. The van der Waals surface area contributed by atoms with Crippen LogP contribution in [0.15, 0.2) is 42.5 Å². The van der Waals surface area contributed by atoms with Gasteiger partial charge in [0, 0.05) is 15.7 Å². The molecule has 3 nitrogen and oxygen atoms in total. The molecule has 21 heavy (non-hydrogen) atoms. The van der Waals surface area contributed by atoms with Gasteiger partial charge in [-0.05, 0) is 70.3 Å². The van der Waals surface area contributed by atoms with E-state index in [0.29, 0.717) is 6.42 Å². The molecule has 1 amide bonds. The molecule has 0 radical (unpaired) electrons. The number of hydrogen-bond donors (Lipinski definition) is 2. The van der Waals surface area contributed by atoms with Crippen molar-refractivity contribution in [3.05, 3.63) is 62.7 Å². The van der Waals surface area contributed by atoms with E-state index in [9.17, 15) is 9.90 Å². The fourth-order valence-electron chi connectivity index (χ4n) is 2.63. The van der Waals surface area contributed by atoms with Crippen LogP contribution in [0.2, 0.25) is 0 Å². The van der Waals surface area contributed by atoms with Crippen molar-refractivity contribution in [1.29, 1.82) is 0 Å². The molecule has 3 rings (SSSR count). The van der Waals surface area contributed by atoms with E-state index < -0.39 is 6.10 Å². The monoisotopic (exact) mass is 393 g/mol. The SMILES string of the molecule is O=C1CCCc2cc(C(O)c3cccc(I)c3)ccc2N1. The van der Waals surface area contributed by atoms with Crippen LogP contribution in [0.3, 0.4) is 0 Å². The molecule has 1 aliphatic heterocycles. The first kappa shape index (κ1) is 14.5. The Morgan fingerprint density at radius 1 is 1.10 bits per heavy atom. The van der Waals surface area contributed by atoms with Gasteiger partial charge in [0.2, 0.25) is 5.91 Å². The number of aryl methyl sites for hydroxylation is 1. The number of halogens is 1. The largest absolute Gasteiger partial charge is 0.384 e. The second kappa shape index (κ2) is 6.15. The summed E-state index contributed by atoms with van der Waals surface area (Å²) in [7, 11) is 0. The van der Waals surface area contributed by atoms with Gasteiger partial charge in [-0.3, -0.25) is 4.79 Å². The summed E-state index contributed by atoms with van der Waals surface area (Å²) in [5.41, 5.74) is 3.73. The normalized spacial score (nSPS) is 15.8. The van der Waals surface area contributed by atoms with Crippen molar-refractivity contribution in [3.63, 3.8) is 0 Å². The number of anilines is 1. The Labute approximate surface area is 137 Å². The smallest absolute Gasteiger partial charge is 0.224 e. The molecule has 108 valence electrons. The summed E-state index contributed by atoms with van der Waals surface area (Å²) in [5, 5.41) is 13.5. The van der Waals surface area contributed by atoms with Crippen LogP contribution in [0.4, 0.5) is 5.69 Å². The molecule has 4 heteroatoms. The quantitative estimate of drug-likeness (QED) is 0.766. The minimum absolute atomic E-state index is 0.0691. The molecule has 0 bridgehead atoms. The lowest BCUT2D eigenvalue weighted by atomic mass is 9.97. The van der Waals surface area contributed by atoms with E-state index in [-0.39, 0.29) is 5.91 Å². The molecule has 0 saturated carbocycles. The molecule has 1 heterocycles. The zero-order chi connectivity index (χ0) is 14.8. The van der Waals surface area contributed by atoms with Gasteiger partial charge in [-0.2, -0.15) is 0 Å². The van der Waals surface area contributed by atoms with Crippen LogP contribution in [0.5, 0.6) is 0 Å². The minimum atomic E-state index is -0.635. The molecule has 0 aliphatic carbocycles. The van der Waals surface area contributed by atoms with Crippen LogP contribution in [0.25, 0.3) is 0 Å². The Balaban J connectivity index is 1.93. The number of aliphatic hydroxyl groups is 1. The number of nitrogens with one attached hydrogen (secondary N) is 1. The van der Waals surface area contributed by atoms with E-state index in [4.69, 9.17) is 0 Å². The molecule has 2 aromatic carbocycles. The molecule has 2 N–H and O–H groups in total. The molecule has 1 unspecified atom stereocenters. The summed E-state index contributed by atoms with van der Waals surface area (Å²) in [5.74, 6) is 0.0691. The molecule has 1 aliphatic rings.